The van der Waals surface area contributed by atoms with Crippen LogP contribution in [0.25, 0.3) is 0 Å². The van der Waals surface area contributed by atoms with Gasteiger partial charge < -0.3 is 9.72 Å². The van der Waals surface area contributed by atoms with Crippen LogP contribution in [0.2, 0.25) is 0 Å². The van der Waals surface area contributed by atoms with Gasteiger partial charge in [-0.05, 0) is 26.0 Å². The average molecular weight is 364 g/mol. The van der Waals surface area contributed by atoms with Gasteiger partial charge in [0.15, 0.2) is 5.13 Å². The number of nitrogens with one attached hydrogen (secondary N) is 2. The highest BCUT2D eigenvalue weighted by Gasteiger charge is 2.22. The first-order valence-electron chi connectivity index (χ1n) is 7.82. The number of aromatic amines is 1. The van der Waals surface area contributed by atoms with Crippen molar-refractivity contribution in [1.29, 1.82) is 0 Å². The Kier molecular flexibility index (Phi) is 5.40. The number of ether oxygens (including phenoxy) is 1. The lowest BCUT2D eigenvalue weighted by molar-refractivity contribution is -0.0707. The maximum atomic E-state index is 12.3. The van der Waals surface area contributed by atoms with Crippen molar-refractivity contribution in [3.63, 3.8) is 0 Å². The van der Waals surface area contributed by atoms with E-state index in [0.29, 0.717) is 15.3 Å². The van der Waals surface area contributed by atoms with Crippen molar-refractivity contribution >= 4 is 34.6 Å². The molecule has 2 N–H and O–H groups in total. The zero-order valence-electron chi connectivity index (χ0n) is 13.6. The highest BCUT2D eigenvalue weighted by molar-refractivity contribution is 7.71. The van der Waals surface area contributed by atoms with Crippen LogP contribution in [0.3, 0.4) is 0 Å². The molecule has 3 rings (SSSR count). The summed E-state index contributed by atoms with van der Waals surface area (Å²) in [6, 6.07) is 3.44. The number of hydrogen-bond acceptors (Lipinski definition) is 6. The molecule has 0 bridgehead atoms. The molecular formula is C16H20N4O2S2. The molecule has 2 atom stereocenters. The summed E-state index contributed by atoms with van der Waals surface area (Å²) in [5, 5.41) is 5.38. The largest absolute Gasteiger partial charge is 0.373 e. The number of amides is 1. The average Bonchev–Trinajstić information content (AvgIpc) is 2.93. The fourth-order valence-corrected chi connectivity index (χ4v) is 3.77. The van der Waals surface area contributed by atoms with E-state index in [1.54, 1.807) is 18.3 Å². The monoisotopic (exact) mass is 364 g/mol. The van der Waals surface area contributed by atoms with Crippen LogP contribution < -0.4 is 5.32 Å². The minimum absolute atomic E-state index is 0.228. The van der Waals surface area contributed by atoms with Gasteiger partial charge in [0.25, 0.3) is 5.91 Å². The Labute approximate surface area is 149 Å². The molecule has 8 heteroatoms. The van der Waals surface area contributed by atoms with Gasteiger partial charge in [0.2, 0.25) is 0 Å². The van der Waals surface area contributed by atoms with Crippen molar-refractivity contribution in [2.75, 3.05) is 18.4 Å². The van der Waals surface area contributed by atoms with Gasteiger partial charge in [0.05, 0.1) is 23.5 Å². The molecule has 24 heavy (non-hydrogen) atoms. The van der Waals surface area contributed by atoms with Crippen molar-refractivity contribution in [3.8, 4) is 0 Å². The number of H-pyrrole nitrogens is 1. The van der Waals surface area contributed by atoms with Crippen molar-refractivity contribution in [2.45, 2.75) is 32.6 Å². The highest BCUT2D eigenvalue weighted by Crippen LogP contribution is 2.20. The molecule has 3 heterocycles. The van der Waals surface area contributed by atoms with Gasteiger partial charge in [-0.2, -0.15) is 0 Å². The third kappa shape index (κ3) is 4.27. The lowest BCUT2D eigenvalue weighted by Crippen LogP contribution is -2.44. The van der Waals surface area contributed by atoms with Gasteiger partial charge in [-0.15, -0.1) is 11.3 Å². The summed E-state index contributed by atoms with van der Waals surface area (Å²) in [6.45, 7) is 6.71. The molecule has 0 spiro atoms. The number of anilines is 1. The summed E-state index contributed by atoms with van der Waals surface area (Å²) in [6.07, 6.45) is 2.16. The molecule has 6 nitrogen and oxygen atoms in total. The molecule has 2 unspecified atom stereocenters. The van der Waals surface area contributed by atoms with E-state index in [0.717, 1.165) is 25.3 Å². The Morgan fingerprint density at radius 2 is 2.25 bits per heavy atom. The van der Waals surface area contributed by atoms with Crippen LogP contribution in [-0.2, 0) is 11.3 Å². The molecule has 0 aliphatic carbocycles. The number of hydrogen-bond donors (Lipinski definition) is 2. The number of carbonyl (C=O) groups excluding carboxylic acids is 1. The number of thiazole rings is 1. The highest BCUT2D eigenvalue weighted by atomic mass is 32.1. The fraction of sp³-hybridized carbons (Fsp3) is 0.438. The normalized spacial score (nSPS) is 21.6. The van der Waals surface area contributed by atoms with E-state index in [1.165, 1.54) is 11.3 Å². The van der Waals surface area contributed by atoms with Crippen LogP contribution in [0.4, 0.5) is 5.13 Å². The van der Waals surface area contributed by atoms with Gasteiger partial charge in [0, 0.05) is 31.2 Å². The number of aromatic nitrogens is 2. The third-order valence-electron chi connectivity index (χ3n) is 3.72. The number of morpholine rings is 1. The predicted molar refractivity (Wildman–Crippen MR) is 97.0 cm³/mol. The molecular weight excluding hydrogens is 344 g/mol. The number of pyridine rings is 1. The lowest BCUT2D eigenvalue weighted by atomic mass is 10.2. The third-order valence-corrected chi connectivity index (χ3v) is 4.86. The Morgan fingerprint density at radius 3 is 2.96 bits per heavy atom. The smallest absolute Gasteiger partial charge is 0.260 e. The van der Waals surface area contributed by atoms with E-state index < -0.39 is 0 Å². The topological polar surface area (TPSA) is 70.2 Å². The summed E-state index contributed by atoms with van der Waals surface area (Å²) < 4.78 is 6.16. The Balaban J connectivity index is 1.62. The van der Waals surface area contributed by atoms with E-state index >= 15 is 0 Å². The molecule has 2 aromatic rings. The van der Waals surface area contributed by atoms with Crippen LogP contribution in [0.1, 0.15) is 29.9 Å². The molecule has 0 aromatic carbocycles. The van der Waals surface area contributed by atoms with E-state index in [1.807, 2.05) is 5.38 Å². The number of carbonyl (C=O) groups is 1. The van der Waals surface area contributed by atoms with E-state index in [9.17, 15) is 4.79 Å². The van der Waals surface area contributed by atoms with Gasteiger partial charge in [-0.3, -0.25) is 15.0 Å². The maximum Gasteiger partial charge on any atom is 0.260 e. The standard InChI is InChI=1S/C16H20N4O2S2/c1-10-6-20(7-11(2)22-10)8-12-9-24-16(18-12)19-14(21)13-4-3-5-17-15(13)23/h3-5,9-11H,6-8H2,1-2H3,(H,17,23)(H,18,19,21). The van der Waals surface area contributed by atoms with Crippen molar-refractivity contribution in [3.05, 3.63) is 39.6 Å². The van der Waals surface area contributed by atoms with Crippen LogP contribution in [-0.4, -0.2) is 46.1 Å². The molecule has 1 aliphatic heterocycles. The summed E-state index contributed by atoms with van der Waals surface area (Å²) in [5.74, 6) is -0.244. The molecule has 128 valence electrons. The molecule has 1 aliphatic rings. The predicted octanol–water partition coefficient (Wildman–Crippen LogP) is 3.06. The minimum Gasteiger partial charge on any atom is -0.373 e. The van der Waals surface area contributed by atoms with Crippen molar-refractivity contribution < 1.29 is 9.53 Å². The van der Waals surface area contributed by atoms with Crippen LogP contribution in [0.5, 0.6) is 0 Å². The first-order valence-corrected chi connectivity index (χ1v) is 9.11. The van der Waals surface area contributed by atoms with Crippen LogP contribution >= 0.6 is 23.6 Å². The van der Waals surface area contributed by atoms with E-state index in [-0.39, 0.29) is 18.1 Å². The number of rotatable bonds is 4. The number of nitrogens with zero attached hydrogens (tertiary/aromatic N) is 2. The molecule has 1 saturated heterocycles. The van der Waals surface area contributed by atoms with Crippen LogP contribution in [0.15, 0.2) is 23.7 Å². The second-order valence-corrected chi connectivity index (χ2v) is 7.23. The zero-order chi connectivity index (χ0) is 17.1. The summed E-state index contributed by atoms with van der Waals surface area (Å²) in [5.41, 5.74) is 1.40. The minimum atomic E-state index is -0.244. The lowest BCUT2D eigenvalue weighted by Gasteiger charge is -2.34. The molecule has 1 fully saturated rings. The van der Waals surface area contributed by atoms with E-state index in [2.05, 4.69) is 34.0 Å². The SMILES string of the molecule is CC1CN(Cc2csc(NC(=O)c3ccc[nH]c3=S)n2)CC(C)O1. The summed E-state index contributed by atoms with van der Waals surface area (Å²) in [7, 11) is 0. The quantitative estimate of drug-likeness (QED) is 0.816. The molecule has 1 amide bonds. The first-order chi connectivity index (χ1) is 11.5. The van der Waals surface area contributed by atoms with Gasteiger partial charge in [0.1, 0.15) is 4.64 Å². The molecule has 0 radical (unpaired) electrons. The Morgan fingerprint density at radius 1 is 1.50 bits per heavy atom. The van der Waals surface area contributed by atoms with Gasteiger partial charge in [-0.1, -0.05) is 12.2 Å². The Hall–Kier alpha value is -1.61. The second-order valence-electron chi connectivity index (χ2n) is 5.96. The Bertz CT molecular complexity index is 763. The second kappa shape index (κ2) is 7.52. The van der Waals surface area contributed by atoms with Crippen molar-refractivity contribution in [2.24, 2.45) is 0 Å². The van der Waals surface area contributed by atoms with Crippen LogP contribution in [0, 0.1) is 4.64 Å². The van der Waals surface area contributed by atoms with Crippen molar-refractivity contribution in [1.82, 2.24) is 14.9 Å². The first kappa shape index (κ1) is 17.2. The maximum absolute atomic E-state index is 12.3. The zero-order valence-corrected chi connectivity index (χ0v) is 15.2. The van der Waals surface area contributed by atoms with Gasteiger partial charge in [-0.25, -0.2) is 4.98 Å². The molecule has 2 aromatic heterocycles. The summed E-state index contributed by atoms with van der Waals surface area (Å²) >= 11 is 6.55. The fourth-order valence-electron chi connectivity index (χ4n) is 2.84. The van der Waals surface area contributed by atoms with E-state index in [4.69, 9.17) is 17.0 Å². The van der Waals surface area contributed by atoms with Gasteiger partial charge >= 0.3 is 0 Å². The molecule has 0 saturated carbocycles. The summed E-state index contributed by atoms with van der Waals surface area (Å²) in [4.78, 5) is 22.0.